The van der Waals surface area contributed by atoms with Crippen molar-refractivity contribution in [3.63, 3.8) is 0 Å². The maximum Gasteiger partial charge on any atom is 0.262 e. The average Bonchev–Trinajstić information content (AvgIpc) is 2.79. The molecule has 7 heteroatoms. The number of hydrogen-bond donors (Lipinski definition) is 2. The zero-order valence-electron chi connectivity index (χ0n) is 17.4. The minimum absolute atomic E-state index is 0.0120. The van der Waals surface area contributed by atoms with Crippen LogP contribution in [-0.2, 0) is 24.3 Å². The number of carbonyl (C=O) groups excluding carboxylic acids is 1. The highest BCUT2D eigenvalue weighted by molar-refractivity contribution is 5.93. The van der Waals surface area contributed by atoms with Gasteiger partial charge in [-0.3, -0.25) is 9.59 Å². The Hall–Kier alpha value is -3.58. The van der Waals surface area contributed by atoms with Crippen LogP contribution in [0.1, 0.15) is 16.9 Å². The molecule has 2 N–H and O–H groups in total. The second-order valence-electron chi connectivity index (χ2n) is 7.48. The summed E-state index contributed by atoms with van der Waals surface area (Å²) in [4.78, 5) is 25.9. The second kappa shape index (κ2) is 9.49. The Labute approximate surface area is 180 Å². The third kappa shape index (κ3) is 5.13. The molecule has 1 amide bonds. The highest BCUT2D eigenvalue weighted by Crippen LogP contribution is 2.22. The van der Waals surface area contributed by atoms with Gasteiger partial charge in [0.25, 0.3) is 5.91 Å². The smallest absolute Gasteiger partial charge is 0.262 e. The van der Waals surface area contributed by atoms with Crippen molar-refractivity contribution in [3.8, 4) is 11.5 Å². The van der Waals surface area contributed by atoms with E-state index in [-0.39, 0.29) is 17.8 Å². The molecule has 7 nitrogen and oxygen atoms in total. The van der Waals surface area contributed by atoms with Crippen molar-refractivity contribution in [2.75, 3.05) is 25.6 Å². The minimum atomic E-state index is -0.399. The summed E-state index contributed by atoms with van der Waals surface area (Å²) in [6.07, 6.45) is 2.30. The summed E-state index contributed by atoms with van der Waals surface area (Å²) >= 11 is 0. The van der Waals surface area contributed by atoms with Crippen LogP contribution in [0.5, 0.6) is 11.5 Å². The first-order valence-corrected chi connectivity index (χ1v) is 10.2. The van der Waals surface area contributed by atoms with E-state index in [0.717, 1.165) is 19.5 Å². The van der Waals surface area contributed by atoms with Crippen molar-refractivity contribution in [1.29, 1.82) is 0 Å². The Morgan fingerprint density at radius 2 is 1.87 bits per heavy atom. The van der Waals surface area contributed by atoms with Crippen molar-refractivity contribution >= 4 is 11.6 Å². The lowest BCUT2D eigenvalue weighted by Crippen LogP contribution is -3.10. The van der Waals surface area contributed by atoms with Gasteiger partial charge < -0.3 is 24.1 Å². The number of nitrogens with one attached hydrogen (secondary N) is 2. The molecule has 0 radical (unpaired) electrons. The van der Waals surface area contributed by atoms with Crippen LogP contribution in [0.15, 0.2) is 70.1 Å². The summed E-state index contributed by atoms with van der Waals surface area (Å²) in [5.74, 6) is 0.759. The van der Waals surface area contributed by atoms with Crippen molar-refractivity contribution in [3.05, 3.63) is 88.0 Å². The normalized spacial score (nSPS) is 15.1. The van der Waals surface area contributed by atoms with Gasteiger partial charge >= 0.3 is 0 Å². The van der Waals surface area contributed by atoms with Gasteiger partial charge in [0.15, 0.2) is 12.4 Å². The predicted molar refractivity (Wildman–Crippen MR) is 115 cm³/mol. The van der Waals surface area contributed by atoms with Crippen LogP contribution in [0.25, 0.3) is 0 Å². The van der Waals surface area contributed by atoms with Crippen LogP contribution >= 0.6 is 0 Å². The van der Waals surface area contributed by atoms with E-state index in [1.54, 1.807) is 18.2 Å². The van der Waals surface area contributed by atoms with Gasteiger partial charge in [0.05, 0.1) is 19.3 Å². The zero-order valence-corrected chi connectivity index (χ0v) is 17.4. The quantitative estimate of drug-likeness (QED) is 0.608. The molecule has 1 aliphatic heterocycles. The summed E-state index contributed by atoms with van der Waals surface area (Å²) in [6.45, 7) is 2.21. The lowest BCUT2D eigenvalue weighted by molar-refractivity contribution is -0.930. The second-order valence-corrected chi connectivity index (χ2v) is 7.48. The van der Waals surface area contributed by atoms with Crippen LogP contribution in [0.4, 0.5) is 5.69 Å². The Balaban J connectivity index is 1.33. The number of carbonyl (C=O) groups is 1. The topological polar surface area (TPSA) is 82.2 Å². The molecule has 0 fully saturated rings. The number of benzene rings is 2. The van der Waals surface area contributed by atoms with Crippen molar-refractivity contribution in [2.24, 2.45) is 0 Å². The molecule has 0 bridgehead atoms. The van der Waals surface area contributed by atoms with Crippen molar-refractivity contribution in [2.45, 2.75) is 19.5 Å². The van der Waals surface area contributed by atoms with Gasteiger partial charge in [-0.15, -0.1) is 0 Å². The molecule has 4 rings (SSSR count). The molecule has 1 unspecified atom stereocenters. The predicted octanol–water partition coefficient (Wildman–Crippen LogP) is 1.81. The fourth-order valence-corrected chi connectivity index (χ4v) is 3.75. The van der Waals surface area contributed by atoms with Crippen LogP contribution in [0, 0.1) is 0 Å². The first-order valence-electron chi connectivity index (χ1n) is 10.2. The number of methoxy groups -OCH3 is 1. The van der Waals surface area contributed by atoms with E-state index in [0.29, 0.717) is 23.7 Å². The monoisotopic (exact) mass is 421 g/mol. The van der Waals surface area contributed by atoms with E-state index in [1.807, 2.05) is 6.07 Å². The van der Waals surface area contributed by atoms with Crippen molar-refractivity contribution in [1.82, 2.24) is 0 Å². The van der Waals surface area contributed by atoms with Crippen LogP contribution < -0.4 is 25.1 Å². The number of fused-ring (bicyclic) bond motifs is 1. The summed E-state index contributed by atoms with van der Waals surface area (Å²) in [7, 11) is 1.53. The molecule has 0 aliphatic carbocycles. The molecule has 2 heterocycles. The molecule has 3 aromatic rings. The highest BCUT2D eigenvalue weighted by atomic mass is 16.5. The fourth-order valence-electron chi connectivity index (χ4n) is 3.75. The van der Waals surface area contributed by atoms with Crippen LogP contribution in [0.3, 0.4) is 0 Å². The van der Waals surface area contributed by atoms with E-state index < -0.39 is 5.91 Å². The Morgan fingerprint density at radius 1 is 1.10 bits per heavy atom. The van der Waals surface area contributed by atoms with Gasteiger partial charge in [-0.25, -0.2) is 0 Å². The highest BCUT2D eigenvalue weighted by Gasteiger charge is 2.20. The minimum Gasteiger partial charge on any atom is -0.495 e. The molecule has 1 aromatic heterocycles. The molecule has 2 aromatic carbocycles. The van der Waals surface area contributed by atoms with E-state index in [2.05, 4.69) is 29.6 Å². The number of hydrogen-bond acceptors (Lipinski definition) is 5. The Kier molecular flexibility index (Phi) is 6.33. The van der Waals surface area contributed by atoms with E-state index in [9.17, 15) is 9.59 Å². The lowest BCUT2D eigenvalue weighted by Gasteiger charge is -2.25. The van der Waals surface area contributed by atoms with Gasteiger partial charge in [0, 0.05) is 18.1 Å². The molecule has 1 aliphatic rings. The molecule has 1 atom stereocenters. The third-order valence-corrected chi connectivity index (χ3v) is 5.32. The number of anilines is 1. The Bertz CT molecular complexity index is 1120. The van der Waals surface area contributed by atoms with Gasteiger partial charge in [-0.2, -0.15) is 0 Å². The fraction of sp³-hybridized carbons (Fsp3) is 0.250. The zero-order chi connectivity index (χ0) is 21.6. The standard InChI is InChI=1S/C24H24N2O5/c1-29-22-9-5-4-8-20(22)25-24(28)16-31-23-15-30-19(12-21(23)27)14-26-11-10-17-6-2-3-7-18(17)13-26/h2-9,12,15H,10-11,13-14,16H2,1H3,(H,25,28)/p+1. The van der Waals surface area contributed by atoms with Crippen molar-refractivity contribution < 1.29 is 23.6 Å². The van der Waals surface area contributed by atoms with Gasteiger partial charge in [-0.1, -0.05) is 36.4 Å². The maximum absolute atomic E-state index is 12.4. The number of rotatable bonds is 7. The number of quaternary nitrogens is 1. The largest absolute Gasteiger partial charge is 0.495 e. The first-order chi connectivity index (χ1) is 15.1. The number of amides is 1. The Morgan fingerprint density at radius 3 is 2.68 bits per heavy atom. The van der Waals surface area contributed by atoms with E-state index in [1.165, 1.54) is 35.5 Å². The maximum atomic E-state index is 12.4. The van der Waals surface area contributed by atoms with Gasteiger partial charge in [-0.05, 0) is 17.7 Å². The summed E-state index contributed by atoms with van der Waals surface area (Å²) in [5.41, 5.74) is 2.96. The molecule has 160 valence electrons. The SMILES string of the molecule is COc1ccccc1NC(=O)COc1coc(C[NH+]2CCc3ccccc3C2)cc1=O. The third-order valence-electron chi connectivity index (χ3n) is 5.32. The first kappa shape index (κ1) is 20.7. The van der Waals surface area contributed by atoms with E-state index in [4.69, 9.17) is 13.9 Å². The molecule has 0 spiro atoms. The molecule has 0 saturated carbocycles. The number of para-hydroxylation sites is 2. The molecular weight excluding hydrogens is 396 g/mol. The molecule has 31 heavy (non-hydrogen) atoms. The van der Waals surface area contributed by atoms with Gasteiger partial charge in [0.2, 0.25) is 11.2 Å². The van der Waals surface area contributed by atoms with E-state index >= 15 is 0 Å². The lowest BCUT2D eigenvalue weighted by atomic mass is 10.00. The number of ether oxygens (including phenoxy) is 2. The van der Waals surface area contributed by atoms with Crippen LogP contribution in [0.2, 0.25) is 0 Å². The molecule has 0 saturated heterocycles. The summed E-state index contributed by atoms with van der Waals surface area (Å²) < 4.78 is 16.2. The summed E-state index contributed by atoms with van der Waals surface area (Å²) in [6, 6.07) is 16.9. The van der Waals surface area contributed by atoms with Gasteiger partial charge in [0.1, 0.15) is 25.1 Å². The molecular formula is C24H25N2O5+. The van der Waals surface area contributed by atoms with Crippen LogP contribution in [-0.4, -0.2) is 26.2 Å². The summed E-state index contributed by atoms with van der Waals surface area (Å²) in [5, 5.41) is 2.70. The average molecular weight is 421 g/mol.